The molecule has 0 amide bonds. The summed E-state index contributed by atoms with van der Waals surface area (Å²) in [5, 5.41) is 6.30. The minimum absolute atomic E-state index is 0.0157. The fraction of sp³-hybridized carbons (Fsp3) is 0.174. The Labute approximate surface area is 200 Å². The normalized spacial score (nSPS) is 10.7. The van der Waals surface area contributed by atoms with Gasteiger partial charge in [0.25, 0.3) is 0 Å². The number of benzene rings is 1. The van der Waals surface area contributed by atoms with Gasteiger partial charge in [0.15, 0.2) is 0 Å². The number of aromatic nitrogens is 5. The number of esters is 1. The number of hydrogen-bond donors (Lipinski definition) is 2. The zero-order valence-electron chi connectivity index (χ0n) is 18.4. The molecule has 34 heavy (non-hydrogen) atoms. The van der Waals surface area contributed by atoms with E-state index in [0.717, 1.165) is 5.69 Å². The SMILES string of the molecule is CCOC(=O)c1cncc(-c2cnc(Nc3ccc(F)c(Cl)c3)nc2NCc2cncn2C)c1. The molecule has 3 aromatic heterocycles. The van der Waals surface area contributed by atoms with Crippen LogP contribution in [0.1, 0.15) is 23.0 Å². The Balaban J connectivity index is 1.68. The number of anilines is 3. The number of nitrogens with one attached hydrogen (secondary N) is 2. The maximum absolute atomic E-state index is 13.5. The first-order valence-electron chi connectivity index (χ1n) is 10.4. The molecule has 0 saturated carbocycles. The quantitative estimate of drug-likeness (QED) is 0.352. The Bertz CT molecular complexity index is 1330. The van der Waals surface area contributed by atoms with Crippen molar-refractivity contribution in [3.05, 3.63) is 77.5 Å². The van der Waals surface area contributed by atoms with Crippen LogP contribution >= 0.6 is 11.6 Å². The minimum Gasteiger partial charge on any atom is -0.462 e. The van der Waals surface area contributed by atoms with E-state index in [9.17, 15) is 9.18 Å². The molecule has 11 heteroatoms. The van der Waals surface area contributed by atoms with Crippen LogP contribution in [0, 0.1) is 5.82 Å². The fourth-order valence-electron chi connectivity index (χ4n) is 3.13. The molecule has 0 aliphatic rings. The smallest absolute Gasteiger partial charge is 0.339 e. The van der Waals surface area contributed by atoms with E-state index in [1.807, 2.05) is 11.6 Å². The molecule has 1 aromatic carbocycles. The molecule has 0 radical (unpaired) electrons. The molecular weight excluding hydrogens is 461 g/mol. The van der Waals surface area contributed by atoms with Gasteiger partial charge in [0, 0.05) is 48.6 Å². The largest absolute Gasteiger partial charge is 0.462 e. The number of imidazole rings is 1. The first-order chi connectivity index (χ1) is 16.4. The summed E-state index contributed by atoms with van der Waals surface area (Å²) in [7, 11) is 1.89. The number of rotatable bonds is 8. The summed E-state index contributed by atoms with van der Waals surface area (Å²) < 4.78 is 20.5. The zero-order valence-corrected chi connectivity index (χ0v) is 19.2. The third-order valence-electron chi connectivity index (χ3n) is 4.88. The number of carbonyl (C=O) groups is 1. The van der Waals surface area contributed by atoms with E-state index in [0.29, 0.717) is 34.7 Å². The topological polar surface area (TPSA) is 107 Å². The van der Waals surface area contributed by atoms with Gasteiger partial charge < -0.3 is 19.9 Å². The average Bonchev–Trinajstić information content (AvgIpc) is 3.25. The molecule has 0 fully saturated rings. The zero-order chi connectivity index (χ0) is 24.1. The van der Waals surface area contributed by atoms with Crippen LogP contribution in [-0.2, 0) is 18.3 Å². The Morgan fingerprint density at radius 2 is 2.03 bits per heavy atom. The second-order valence-electron chi connectivity index (χ2n) is 7.24. The first-order valence-corrected chi connectivity index (χ1v) is 10.7. The van der Waals surface area contributed by atoms with E-state index in [2.05, 4.69) is 30.6 Å². The molecule has 0 bridgehead atoms. The maximum atomic E-state index is 13.5. The van der Waals surface area contributed by atoms with Crippen LogP contribution in [0.15, 0.2) is 55.4 Å². The van der Waals surface area contributed by atoms with Crippen LogP contribution in [0.5, 0.6) is 0 Å². The Hall–Kier alpha value is -4.05. The van der Waals surface area contributed by atoms with Gasteiger partial charge in [0.1, 0.15) is 11.6 Å². The van der Waals surface area contributed by atoms with E-state index in [-0.39, 0.29) is 17.6 Å². The summed E-state index contributed by atoms with van der Waals surface area (Å²) in [6, 6.07) is 5.91. The molecule has 0 atom stereocenters. The van der Waals surface area contributed by atoms with Crippen molar-refractivity contribution in [1.82, 2.24) is 24.5 Å². The monoisotopic (exact) mass is 481 g/mol. The van der Waals surface area contributed by atoms with Gasteiger partial charge in [-0.25, -0.2) is 19.2 Å². The van der Waals surface area contributed by atoms with E-state index in [1.54, 1.807) is 37.9 Å². The number of nitrogens with zero attached hydrogens (tertiary/aromatic N) is 5. The van der Waals surface area contributed by atoms with Gasteiger partial charge in [-0.05, 0) is 31.2 Å². The Morgan fingerprint density at radius 1 is 1.18 bits per heavy atom. The van der Waals surface area contributed by atoms with Crippen molar-refractivity contribution in [2.75, 3.05) is 17.2 Å². The molecule has 0 aliphatic heterocycles. The highest BCUT2D eigenvalue weighted by Crippen LogP contribution is 2.29. The van der Waals surface area contributed by atoms with Gasteiger partial charge in [-0.2, -0.15) is 4.98 Å². The van der Waals surface area contributed by atoms with Gasteiger partial charge in [-0.1, -0.05) is 11.6 Å². The van der Waals surface area contributed by atoms with E-state index in [1.165, 1.54) is 24.4 Å². The standard InChI is InChI=1S/C23H21ClFN7O2/c1-3-34-22(33)15-6-14(8-26-9-15)18-12-29-23(30-16-4-5-20(25)19(24)7-16)31-21(18)28-11-17-10-27-13-32(17)2/h4-10,12-13H,3,11H2,1-2H3,(H2,28,29,30,31). The van der Waals surface area contributed by atoms with Crippen molar-refractivity contribution in [2.45, 2.75) is 13.5 Å². The molecule has 0 aliphatic carbocycles. The third kappa shape index (κ3) is 5.29. The summed E-state index contributed by atoms with van der Waals surface area (Å²) in [5.41, 5.74) is 3.04. The van der Waals surface area contributed by atoms with Gasteiger partial charge >= 0.3 is 5.97 Å². The molecule has 174 valence electrons. The highest BCUT2D eigenvalue weighted by molar-refractivity contribution is 6.31. The number of carbonyl (C=O) groups excluding carboxylic acids is 1. The van der Waals surface area contributed by atoms with Crippen molar-refractivity contribution in [2.24, 2.45) is 7.05 Å². The molecule has 4 aromatic rings. The van der Waals surface area contributed by atoms with Crippen molar-refractivity contribution >= 4 is 35.0 Å². The predicted octanol–water partition coefficient (Wildman–Crippen LogP) is 4.60. The molecule has 9 nitrogen and oxygen atoms in total. The summed E-state index contributed by atoms with van der Waals surface area (Å²) in [6.45, 7) is 2.44. The van der Waals surface area contributed by atoms with Crippen molar-refractivity contribution in [3.8, 4) is 11.1 Å². The van der Waals surface area contributed by atoms with Gasteiger partial charge in [0.2, 0.25) is 5.95 Å². The molecule has 0 saturated heterocycles. The molecule has 0 unspecified atom stereocenters. The first kappa shape index (κ1) is 23.1. The Kier molecular flexibility index (Phi) is 6.98. The average molecular weight is 482 g/mol. The van der Waals surface area contributed by atoms with Crippen LogP contribution in [0.2, 0.25) is 5.02 Å². The van der Waals surface area contributed by atoms with Gasteiger partial charge in [-0.15, -0.1) is 0 Å². The van der Waals surface area contributed by atoms with Crippen LogP contribution in [0.3, 0.4) is 0 Å². The molecule has 0 spiro atoms. The highest BCUT2D eigenvalue weighted by atomic mass is 35.5. The van der Waals surface area contributed by atoms with E-state index in [4.69, 9.17) is 16.3 Å². The van der Waals surface area contributed by atoms with Crippen LogP contribution in [0.4, 0.5) is 21.8 Å². The Morgan fingerprint density at radius 3 is 2.76 bits per heavy atom. The maximum Gasteiger partial charge on any atom is 0.339 e. The summed E-state index contributed by atoms with van der Waals surface area (Å²) >= 11 is 5.88. The summed E-state index contributed by atoms with van der Waals surface area (Å²) in [5.74, 6) is -0.215. The lowest BCUT2D eigenvalue weighted by Gasteiger charge is -2.14. The number of ether oxygens (including phenoxy) is 1. The summed E-state index contributed by atoms with van der Waals surface area (Å²) in [6.07, 6.45) is 8.12. The van der Waals surface area contributed by atoms with E-state index < -0.39 is 11.8 Å². The molecular formula is C23H21ClFN7O2. The lowest BCUT2D eigenvalue weighted by molar-refractivity contribution is 0.0526. The van der Waals surface area contributed by atoms with Crippen molar-refractivity contribution in [3.63, 3.8) is 0 Å². The summed E-state index contributed by atoms with van der Waals surface area (Å²) in [4.78, 5) is 29.4. The predicted molar refractivity (Wildman–Crippen MR) is 126 cm³/mol. The highest BCUT2D eigenvalue weighted by Gasteiger charge is 2.15. The second-order valence-corrected chi connectivity index (χ2v) is 7.65. The molecule has 3 heterocycles. The molecule has 4 rings (SSSR count). The van der Waals surface area contributed by atoms with Crippen LogP contribution in [-0.4, -0.2) is 37.1 Å². The number of halogens is 2. The molecule has 2 N–H and O–H groups in total. The minimum atomic E-state index is -0.518. The van der Waals surface area contributed by atoms with Crippen LogP contribution in [0.25, 0.3) is 11.1 Å². The van der Waals surface area contributed by atoms with Gasteiger partial charge in [0.05, 0.1) is 35.8 Å². The van der Waals surface area contributed by atoms with Crippen molar-refractivity contribution < 1.29 is 13.9 Å². The third-order valence-corrected chi connectivity index (χ3v) is 5.17. The number of pyridine rings is 1. The fourth-order valence-corrected chi connectivity index (χ4v) is 3.31. The number of hydrogen-bond acceptors (Lipinski definition) is 8. The van der Waals surface area contributed by atoms with Crippen LogP contribution < -0.4 is 10.6 Å². The van der Waals surface area contributed by atoms with Gasteiger partial charge in [-0.3, -0.25) is 4.98 Å². The number of aryl methyl sites for hydroxylation is 1. The second kappa shape index (κ2) is 10.3. The van der Waals surface area contributed by atoms with Crippen molar-refractivity contribution in [1.29, 1.82) is 0 Å². The van der Waals surface area contributed by atoms with E-state index >= 15 is 0 Å². The lowest BCUT2D eigenvalue weighted by atomic mass is 10.1. The lowest BCUT2D eigenvalue weighted by Crippen LogP contribution is -2.09.